The molecule has 6 nitrogen and oxygen atoms in total. The van der Waals surface area contributed by atoms with E-state index < -0.39 is 9.84 Å². The maximum atomic E-state index is 12.2. The van der Waals surface area contributed by atoms with Gasteiger partial charge in [0.1, 0.15) is 0 Å². The van der Waals surface area contributed by atoms with Gasteiger partial charge in [-0.05, 0) is 41.5 Å². The lowest BCUT2D eigenvalue weighted by atomic mass is 9.91. The van der Waals surface area contributed by atoms with E-state index in [-0.39, 0.29) is 11.4 Å². The number of benzene rings is 1. The van der Waals surface area contributed by atoms with Crippen LogP contribution in [0.3, 0.4) is 0 Å². The average Bonchev–Trinajstić information content (AvgIpc) is 3.22. The maximum Gasteiger partial charge on any atom is 0.175 e. The number of halogens is 1. The van der Waals surface area contributed by atoms with Crippen LogP contribution in [0.15, 0.2) is 23.4 Å². The van der Waals surface area contributed by atoms with Crippen molar-refractivity contribution in [2.24, 2.45) is 11.8 Å². The van der Waals surface area contributed by atoms with E-state index in [1.54, 1.807) is 6.07 Å². The van der Waals surface area contributed by atoms with Crippen molar-refractivity contribution in [3.8, 4) is 0 Å². The van der Waals surface area contributed by atoms with E-state index in [0.29, 0.717) is 16.5 Å². The lowest BCUT2D eigenvalue weighted by Crippen LogP contribution is -2.12. The zero-order valence-corrected chi connectivity index (χ0v) is 16.1. The fraction of sp³-hybridized carbons (Fsp3) is 0.588. The SMILES string of the molecule is CCC(Cc1ccc(S(C)(=O)=O)c(Cn2ncnn2)c1Cl)CC1CC1. The van der Waals surface area contributed by atoms with Crippen molar-refractivity contribution in [3.63, 3.8) is 0 Å². The Morgan fingerprint density at radius 2 is 2.12 bits per heavy atom. The number of rotatable bonds is 8. The summed E-state index contributed by atoms with van der Waals surface area (Å²) in [6.45, 7) is 2.39. The first-order valence-corrected chi connectivity index (χ1v) is 10.9. The van der Waals surface area contributed by atoms with Crippen LogP contribution in [-0.2, 0) is 22.8 Å². The van der Waals surface area contributed by atoms with Crippen LogP contribution in [-0.4, -0.2) is 34.9 Å². The summed E-state index contributed by atoms with van der Waals surface area (Å²) in [4.78, 5) is 1.58. The van der Waals surface area contributed by atoms with Crippen molar-refractivity contribution in [2.45, 2.75) is 50.5 Å². The topological polar surface area (TPSA) is 77.7 Å². The van der Waals surface area contributed by atoms with E-state index in [9.17, 15) is 8.42 Å². The van der Waals surface area contributed by atoms with Gasteiger partial charge in [-0.25, -0.2) is 8.42 Å². The van der Waals surface area contributed by atoms with Crippen LogP contribution in [0.5, 0.6) is 0 Å². The fourth-order valence-corrected chi connectivity index (χ4v) is 4.52. The van der Waals surface area contributed by atoms with Crippen molar-refractivity contribution < 1.29 is 8.42 Å². The molecule has 0 N–H and O–H groups in total. The lowest BCUT2D eigenvalue weighted by molar-refractivity contribution is 0.440. The molecule has 1 atom stereocenters. The van der Waals surface area contributed by atoms with Crippen molar-refractivity contribution in [1.82, 2.24) is 20.2 Å². The molecule has 1 heterocycles. The summed E-state index contributed by atoms with van der Waals surface area (Å²) in [6, 6.07) is 3.51. The third-order valence-electron chi connectivity index (χ3n) is 4.82. The Morgan fingerprint density at radius 1 is 1.36 bits per heavy atom. The molecule has 1 aliphatic rings. The van der Waals surface area contributed by atoms with E-state index in [0.717, 1.165) is 24.3 Å². The molecule has 2 aromatic rings. The Bertz CT molecular complexity index is 833. The number of aromatic nitrogens is 4. The number of nitrogens with zero attached hydrogens (tertiary/aromatic N) is 4. The van der Waals surface area contributed by atoms with Gasteiger partial charge in [0.05, 0.1) is 16.5 Å². The van der Waals surface area contributed by atoms with Gasteiger partial charge in [-0.3, -0.25) is 0 Å². The molecule has 0 radical (unpaired) electrons. The van der Waals surface area contributed by atoms with Crippen molar-refractivity contribution in [2.75, 3.05) is 6.26 Å². The quantitative estimate of drug-likeness (QED) is 0.700. The zero-order chi connectivity index (χ0) is 18.0. The Kier molecular flexibility index (Phi) is 5.43. The second-order valence-electron chi connectivity index (χ2n) is 6.91. The van der Waals surface area contributed by atoms with Gasteiger partial charge in [0.2, 0.25) is 0 Å². The number of sulfone groups is 1. The first kappa shape index (κ1) is 18.3. The standard InChI is InChI=1S/C17H23ClN4O2S/c1-3-12(8-13-4-5-13)9-14-6-7-16(25(2,23)24)15(17(14)18)10-22-20-11-19-21-22/h6-7,11-13H,3-5,8-10H2,1-2H3. The molecular formula is C17H23ClN4O2S. The molecule has 136 valence electrons. The molecule has 1 aliphatic carbocycles. The largest absolute Gasteiger partial charge is 0.224 e. The van der Waals surface area contributed by atoms with Crippen LogP contribution in [0.1, 0.15) is 43.7 Å². The van der Waals surface area contributed by atoms with Gasteiger partial charge in [-0.1, -0.05) is 43.9 Å². The average molecular weight is 383 g/mol. The van der Waals surface area contributed by atoms with E-state index in [4.69, 9.17) is 11.6 Å². The smallest absolute Gasteiger partial charge is 0.175 e. The molecular weight excluding hydrogens is 360 g/mol. The van der Waals surface area contributed by atoms with Crippen LogP contribution < -0.4 is 0 Å². The second kappa shape index (κ2) is 7.41. The molecule has 0 aliphatic heterocycles. The van der Waals surface area contributed by atoms with Crippen LogP contribution in [0, 0.1) is 11.8 Å². The Hall–Kier alpha value is -1.47. The summed E-state index contributed by atoms with van der Waals surface area (Å²) in [5.41, 5.74) is 1.54. The highest BCUT2D eigenvalue weighted by molar-refractivity contribution is 7.90. The van der Waals surface area contributed by atoms with E-state index in [2.05, 4.69) is 22.3 Å². The highest BCUT2D eigenvalue weighted by Crippen LogP contribution is 2.38. The summed E-state index contributed by atoms with van der Waals surface area (Å²) in [5.74, 6) is 1.43. The van der Waals surface area contributed by atoms with Gasteiger partial charge in [-0.2, -0.15) is 4.80 Å². The van der Waals surface area contributed by atoms with Gasteiger partial charge in [0.25, 0.3) is 0 Å². The predicted octanol–water partition coefficient (Wildman–Crippen LogP) is 3.15. The summed E-state index contributed by atoms with van der Waals surface area (Å²) >= 11 is 6.64. The Labute approximate surface area is 153 Å². The van der Waals surface area contributed by atoms with Gasteiger partial charge in [0, 0.05) is 11.8 Å². The van der Waals surface area contributed by atoms with Crippen molar-refractivity contribution in [3.05, 3.63) is 34.6 Å². The number of hydrogen-bond acceptors (Lipinski definition) is 5. The van der Waals surface area contributed by atoms with Gasteiger partial charge in [0.15, 0.2) is 16.2 Å². The molecule has 1 fully saturated rings. The lowest BCUT2D eigenvalue weighted by Gasteiger charge is -2.18. The first-order chi connectivity index (χ1) is 11.9. The molecule has 25 heavy (non-hydrogen) atoms. The molecule has 0 spiro atoms. The maximum absolute atomic E-state index is 12.2. The minimum atomic E-state index is -3.39. The van der Waals surface area contributed by atoms with E-state index in [1.165, 1.54) is 36.6 Å². The molecule has 1 aromatic carbocycles. The monoisotopic (exact) mass is 382 g/mol. The predicted molar refractivity (Wildman–Crippen MR) is 96.3 cm³/mol. The minimum Gasteiger partial charge on any atom is -0.224 e. The molecule has 8 heteroatoms. The molecule has 1 aromatic heterocycles. The molecule has 1 unspecified atom stereocenters. The molecule has 1 saturated carbocycles. The van der Waals surface area contributed by atoms with Crippen LogP contribution >= 0.6 is 11.6 Å². The van der Waals surface area contributed by atoms with Crippen molar-refractivity contribution in [1.29, 1.82) is 0 Å². The molecule has 0 saturated heterocycles. The van der Waals surface area contributed by atoms with Crippen LogP contribution in [0.4, 0.5) is 0 Å². The Balaban J connectivity index is 1.94. The van der Waals surface area contributed by atoms with Crippen LogP contribution in [0.25, 0.3) is 0 Å². The van der Waals surface area contributed by atoms with E-state index in [1.807, 2.05) is 6.07 Å². The third kappa shape index (κ3) is 4.58. The summed E-state index contributed by atoms with van der Waals surface area (Å²) in [6.07, 6.45) is 8.37. The normalized spacial score (nSPS) is 16.1. The van der Waals surface area contributed by atoms with Crippen molar-refractivity contribution >= 4 is 21.4 Å². The first-order valence-electron chi connectivity index (χ1n) is 8.59. The fourth-order valence-electron chi connectivity index (χ4n) is 3.24. The van der Waals surface area contributed by atoms with Crippen LogP contribution in [0.2, 0.25) is 5.02 Å². The highest BCUT2D eigenvalue weighted by Gasteiger charge is 2.26. The highest BCUT2D eigenvalue weighted by atomic mass is 35.5. The van der Waals surface area contributed by atoms with Gasteiger partial charge in [-0.15, -0.1) is 10.2 Å². The van der Waals surface area contributed by atoms with Gasteiger partial charge < -0.3 is 0 Å². The minimum absolute atomic E-state index is 0.189. The van der Waals surface area contributed by atoms with Gasteiger partial charge >= 0.3 is 0 Å². The zero-order valence-electron chi connectivity index (χ0n) is 14.5. The summed E-state index contributed by atoms with van der Waals surface area (Å²) < 4.78 is 24.3. The summed E-state index contributed by atoms with van der Waals surface area (Å²) in [7, 11) is -3.39. The molecule has 3 rings (SSSR count). The molecule has 0 amide bonds. The number of hydrogen-bond donors (Lipinski definition) is 0. The van der Waals surface area contributed by atoms with E-state index >= 15 is 0 Å². The molecule has 0 bridgehead atoms. The Morgan fingerprint density at radius 3 is 2.68 bits per heavy atom. The number of tetrazole rings is 1. The second-order valence-corrected chi connectivity index (χ2v) is 9.27. The third-order valence-corrected chi connectivity index (χ3v) is 6.47. The summed E-state index contributed by atoms with van der Waals surface area (Å²) in [5, 5.41) is 12.0.